The molecule has 0 aromatic carbocycles. The summed E-state index contributed by atoms with van der Waals surface area (Å²) in [7, 11) is 0. The second kappa shape index (κ2) is 7.76. The fourth-order valence-corrected chi connectivity index (χ4v) is 2.90. The van der Waals surface area contributed by atoms with Gasteiger partial charge in [0.2, 0.25) is 0 Å². The number of aryl methyl sites for hydroxylation is 1. The highest BCUT2D eigenvalue weighted by Crippen LogP contribution is 2.22. The lowest BCUT2D eigenvalue weighted by Gasteiger charge is -2.14. The van der Waals surface area contributed by atoms with Gasteiger partial charge >= 0.3 is 0 Å². The predicted molar refractivity (Wildman–Crippen MR) is 76.4 cm³/mol. The zero-order chi connectivity index (χ0) is 14.4. The number of aliphatic hydroxyl groups excluding tert-OH is 2. The molecule has 1 fully saturated rings. The highest BCUT2D eigenvalue weighted by Gasteiger charge is 2.31. The molecule has 5 nitrogen and oxygen atoms in total. The molecule has 1 aliphatic rings. The van der Waals surface area contributed by atoms with Gasteiger partial charge in [-0.25, -0.2) is 0 Å². The van der Waals surface area contributed by atoms with Gasteiger partial charge in [0, 0.05) is 38.1 Å². The van der Waals surface area contributed by atoms with E-state index in [0.29, 0.717) is 6.61 Å². The second-order valence-corrected chi connectivity index (χ2v) is 5.86. The number of rotatable bonds is 8. The van der Waals surface area contributed by atoms with Crippen LogP contribution < -0.4 is 0 Å². The minimum Gasteiger partial charge on any atom is -0.396 e. The number of hydrogen-bond acceptors (Lipinski definition) is 5. The topological polar surface area (TPSA) is 69.7 Å². The zero-order valence-corrected chi connectivity index (χ0v) is 12.3. The van der Waals surface area contributed by atoms with Crippen LogP contribution in [0.5, 0.6) is 0 Å². The number of aromatic nitrogens is 1. The van der Waals surface area contributed by atoms with Gasteiger partial charge < -0.3 is 19.6 Å². The number of hydrogen-bond donors (Lipinski definition) is 2. The molecule has 1 saturated heterocycles. The maximum absolute atomic E-state index is 10.1. The molecular formula is C15H26N2O3. The van der Waals surface area contributed by atoms with Crippen LogP contribution >= 0.6 is 0 Å². The molecule has 5 heteroatoms. The SMILES string of the molecule is Cc1cc(C[C@@H]2CN(CCCCCCO)C[C@@H]2O)on1. The molecule has 0 aliphatic carbocycles. The van der Waals surface area contributed by atoms with E-state index in [1.807, 2.05) is 13.0 Å². The molecule has 1 aromatic rings. The van der Waals surface area contributed by atoms with E-state index < -0.39 is 0 Å². The normalized spacial score (nSPS) is 23.6. The van der Waals surface area contributed by atoms with E-state index >= 15 is 0 Å². The van der Waals surface area contributed by atoms with Gasteiger partial charge in [0.25, 0.3) is 0 Å². The summed E-state index contributed by atoms with van der Waals surface area (Å²) in [6.45, 7) is 4.94. The summed E-state index contributed by atoms with van der Waals surface area (Å²) in [4.78, 5) is 2.33. The Hall–Kier alpha value is -0.910. The lowest BCUT2D eigenvalue weighted by atomic mass is 10.0. The summed E-state index contributed by atoms with van der Waals surface area (Å²) in [5, 5.41) is 22.8. The zero-order valence-electron chi connectivity index (χ0n) is 12.3. The molecule has 2 heterocycles. The summed E-state index contributed by atoms with van der Waals surface area (Å²) in [5.41, 5.74) is 0.897. The Morgan fingerprint density at radius 3 is 2.80 bits per heavy atom. The van der Waals surface area contributed by atoms with E-state index in [9.17, 15) is 5.11 Å². The van der Waals surface area contributed by atoms with Crippen molar-refractivity contribution in [1.29, 1.82) is 0 Å². The number of β-amino-alcohol motifs (C(OH)–C–C–N with tert-alkyl or cyclic N) is 1. The molecule has 1 aliphatic heterocycles. The molecule has 2 atom stereocenters. The molecule has 0 amide bonds. The Balaban J connectivity index is 1.69. The Morgan fingerprint density at radius 1 is 1.30 bits per heavy atom. The molecule has 1 aromatic heterocycles. The van der Waals surface area contributed by atoms with Crippen molar-refractivity contribution in [3.05, 3.63) is 17.5 Å². The molecule has 114 valence electrons. The third-order valence-electron chi connectivity index (χ3n) is 4.00. The van der Waals surface area contributed by atoms with Gasteiger partial charge in [0.15, 0.2) is 0 Å². The molecule has 0 bridgehead atoms. The Labute approximate surface area is 120 Å². The minimum absolute atomic E-state index is 0.250. The van der Waals surface area contributed by atoms with E-state index in [1.165, 1.54) is 0 Å². The standard InChI is InChI=1S/C15H26N2O3/c1-12-8-14(20-16-12)9-13-10-17(11-15(13)19)6-4-2-3-5-7-18/h8,13,15,18-19H,2-7,9-11H2,1H3/t13-,15+/m1/s1. The van der Waals surface area contributed by atoms with Gasteiger partial charge in [-0.05, 0) is 26.3 Å². The molecule has 20 heavy (non-hydrogen) atoms. The van der Waals surface area contributed by atoms with Crippen molar-refractivity contribution in [3.8, 4) is 0 Å². The third-order valence-corrected chi connectivity index (χ3v) is 4.00. The maximum Gasteiger partial charge on any atom is 0.137 e. The van der Waals surface area contributed by atoms with E-state index in [-0.39, 0.29) is 12.0 Å². The molecular weight excluding hydrogens is 256 g/mol. The quantitative estimate of drug-likeness (QED) is 0.705. The summed E-state index contributed by atoms with van der Waals surface area (Å²) in [6.07, 6.45) is 4.78. The summed E-state index contributed by atoms with van der Waals surface area (Å²) in [6, 6.07) is 1.95. The van der Waals surface area contributed by atoms with Crippen molar-refractivity contribution < 1.29 is 14.7 Å². The van der Waals surface area contributed by atoms with E-state index in [4.69, 9.17) is 9.63 Å². The van der Waals surface area contributed by atoms with Crippen LogP contribution in [0.3, 0.4) is 0 Å². The first kappa shape index (κ1) is 15.5. The average molecular weight is 282 g/mol. The Morgan fingerprint density at radius 2 is 2.10 bits per heavy atom. The van der Waals surface area contributed by atoms with Crippen LogP contribution in [-0.2, 0) is 6.42 Å². The fourth-order valence-electron chi connectivity index (χ4n) is 2.90. The molecule has 2 N–H and O–H groups in total. The van der Waals surface area contributed by atoms with Crippen molar-refractivity contribution in [2.75, 3.05) is 26.2 Å². The highest BCUT2D eigenvalue weighted by molar-refractivity contribution is 5.05. The lowest BCUT2D eigenvalue weighted by molar-refractivity contribution is 0.137. The number of likely N-dealkylation sites (tertiary alicyclic amines) is 1. The maximum atomic E-state index is 10.1. The van der Waals surface area contributed by atoms with Gasteiger partial charge in [0.05, 0.1) is 11.8 Å². The van der Waals surface area contributed by atoms with Crippen LogP contribution in [0.1, 0.15) is 37.1 Å². The summed E-state index contributed by atoms with van der Waals surface area (Å²) >= 11 is 0. The van der Waals surface area contributed by atoms with Crippen LogP contribution in [0, 0.1) is 12.8 Å². The number of aliphatic hydroxyl groups is 2. The summed E-state index contributed by atoms with van der Waals surface area (Å²) < 4.78 is 5.23. The largest absolute Gasteiger partial charge is 0.396 e. The van der Waals surface area contributed by atoms with Crippen LogP contribution in [0.15, 0.2) is 10.6 Å². The summed E-state index contributed by atoms with van der Waals surface area (Å²) in [5.74, 6) is 1.12. The highest BCUT2D eigenvalue weighted by atomic mass is 16.5. The lowest BCUT2D eigenvalue weighted by Crippen LogP contribution is -2.23. The third kappa shape index (κ3) is 4.58. The van der Waals surface area contributed by atoms with Gasteiger partial charge in [-0.1, -0.05) is 18.0 Å². The van der Waals surface area contributed by atoms with Crippen molar-refractivity contribution in [3.63, 3.8) is 0 Å². The minimum atomic E-state index is -0.266. The molecule has 0 saturated carbocycles. The monoisotopic (exact) mass is 282 g/mol. The van der Waals surface area contributed by atoms with Gasteiger partial charge in [-0.15, -0.1) is 0 Å². The van der Waals surface area contributed by atoms with Gasteiger partial charge in [-0.3, -0.25) is 0 Å². The van der Waals surface area contributed by atoms with E-state index in [2.05, 4.69) is 10.1 Å². The molecule has 0 radical (unpaired) electrons. The molecule has 0 spiro atoms. The van der Waals surface area contributed by atoms with Gasteiger partial charge in [0.1, 0.15) is 5.76 Å². The van der Waals surface area contributed by atoms with E-state index in [0.717, 1.165) is 63.2 Å². The molecule has 0 unspecified atom stereocenters. The second-order valence-electron chi connectivity index (χ2n) is 5.86. The Bertz CT molecular complexity index is 394. The van der Waals surface area contributed by atoms with Crippen molar-refractivity contribution in [2.45, 2.75) is 45.1 Å². The number of unbranched alkanes of at least 4 members (excludes halogenated alkanes) is 3. The molecule has 2 rings (SSSR count). The van der Waals surface area contributed by atoms with Crippen LogP contribution in [0.2, 0.25) is 0 Å². The first-order chi connectivity index (χ1) is 9.69. The van der Waals surface area contributed by atoms with E-state index in [1.54, 1.807) is 0 Å². The Kier molecular flexibility index (Phi) is 6.01. The fraction of sp³-hybridized carbons (Fsp3) is 0.800. The first-order valence-corrected chi connectivity index (χ1v) is 7.62. The number of nitrogens with zero attached hydrogens (tertiary/aromatic N) is 2. The van der Waals surface area contributed by atoms with Crippen molar-refractivity contribution in [2.24, 2.45) is 5.92 Å². The predicted octanol–water partition coefficient (Wildman–Crippen LogP) is 1.37. The van der Waals surface area contributed by atoms with Gasteiger partial charge in [-0.2, -0.15) is 0 Å². The van der Waals surface area contributed by atoms with Crippen molar-refractivity contribution >= 4 is 0 Å². The smallest absolute Gasteiger partial charge is 0.137 e. The van der Waals surface area contributed by atoms with Crippen LogP contribution in [0.4, 0.5) is 0 Å². The van der Waals surface area contributed by atoms with Crippen LogP contribution in [-0.4, -0.2) is 52.6 Å². The van der Waals surface area contributed by atoms with Crippen LogP contribution in [0.25, 0.3) is 0 Å². The average Bonchev–Trinajstić information content (AvgIpc) is 2.97. The first-order valence-electron chi connectivity index (χ1n) is 7.62. The van der Waals surface area contributed by atoms with Crippen molar-refractivity contribution in [1.82, 2.24) is 10.1 Å².